The van der Waals surface area contributed by atoms with Gasteiger partial charge in [-0.3, -0.25) is 0 Å². The number of nitrogens with one attached hydrogen (secondary N) is 1. The van der Waals surface area contributed by atoms with E-state index in [1.165, 1.54) is 31.4 Å². The van der Waals surface area contributed by atoms with Gasteiger partial charge in [-0.1, -0.05) is 32.3 Å². The van der Waals surface area contributed by atoms with Crippen molar-refractivity contribution in [2.75, 3.05) is 13.7 Å². The van der Waals surface area contributed by atoms with Gasteiger partial charge < -0.3 is 4.74 Å². The van der Waals surface area contributed by atoms with Gasteiger partial charge in [-0.25, -0.2) is 17.9 Å². The molecule has 0 amide bonds. The van der Waals surface area contributed by atoms with Crippen LogP contribution in [-0.2, 0) is 14.8 Å². The summed E-state index contributed by atoms with van der Waals surface area (Å²) >= 11 is 0. The average molecular weight is 299 g/mol. The van der Waals surface area contributed by atoms with Crippen LogP contribution in [-0.4, -0.2) is 28.0 Å². The van der Waals surface area contributed by atoms with Crippen LogP contribution in [0.1, 0.15) is 43.0 Å². The highest BCUT2D eigenvalue weighted by atomic mass is 32.2. The fraction of sp³-hybridized carbons (Fsp3) is 0.500. The number of hydrogen-bond donors (Lipinski definition) is 1. The molecule has 0 saturated heterocycles. The number of ether oxygens (including phenoxy) is 1. The van der Waals surface area contributed by atoms with Crippen molar-refractivity contribution in [3.63, 3.8) is 0 Å². The molecule has 0 spiro atoms. The number of esters is 1. The van der Waals surface area contributed by atoms with Gasteiger partial charge in [-0.05, 0) is 24.6 Å². The lowest BCUT2D eigenvalue weighted by Gasteiger charge is -2.07. The van der Waals surface area contributed by atoms with E-state index in [9.17, 15) is 13.2 Å². The Bertz CT molecular complexity index is 540. The van der Waals surface area contributed by atoms with Gasteiger partial charge in [0.15, 0.2) is 0 Å². The lowest BCUT2D eigenvalue weighted by molar-refractivity contribution is 0.0600. The predicted octanol–water partition coefficient (Wildman–Crippen LogP) is 2.33. The average Bonchev–Trinajstić information content (AvgIpc) is 2.46. The number of methoxy groups -OCH3 is 1. The van der Waals surface area contributed by atoms with Crippen molar-refractivity contribution in [1.82, 2.24) is 4.72 Å². The summed E-state index contributed by atoms with van der Waals surface area (Å²) in [6.07, 6.45) is 4.01. The van der Waals surface area contributed by atoms with Crippen molar-refractivity contribution in [1.29, 1.82) is 0 Å². The molecule has 112 valence electrons. The van der Waals surface area contributed by atoms with Crippen LogP contribution in [0.5, 0.6) is 0 Å². The first kappa shape index (κ1) is 16.7. The summed E-state index contributed by atoms with van der Waals surface area (Å²) in [6, 6.07) is 5.82. The van der Waals surface area contributed by atoms with E-state index in [2.05, 4.69) is 16.4 Å². The van der Waals surface area contributed by atoms with Crippen molar-refractivity contribution in [2.45, 2.75) is 37.5 Å². The number of unbranched alkanes of at least 4 members (excludes halogenated alkanes) is 3. The highest BCUT2D eigenvalue weighted by Gasteiger charge is 2.15. The van der Waals surface area contributed by atoms with E-state index in [1.807, 2.05) is 0 Å². The molecule has 5 nitrogen and oxygen atoms in total. The molecular weight excluding hydrogens is 278 g/mol. The van der Waals surface area contributed by atoms with Gasteiger partial charge in [0.25, 0.3) is 0 Å². The van der Waals surface area contributed by atoms with E-state index in [1.54, 1.807) is 0 Å². The van der Waals surface area contributed by atoms with Crippen LogP contribution in [0.3, 0.4) is 0 Å². The second-order valence-electron chi connectivity index (χ2n) is 4.48. The van der Waals surface area contributed by atoms with Crippen LogP contribution in [0.4, 0.5) is 0 Å². The van der Waals surface area contributed by atoms with Crippen molar-refractivity contribution in [3.8, 4) is 0 Å². The van der Waals surface area contributed by atoms with Gasteiger partial charge in [-0.15, -0.1) is 0 Å². The standard InChI is InChI=1S/C14H21NO4S/c1-3-4-5-6-10-15-20(17,18)13-9-7-8-12(11-13)14(16)19-2/h7-9,11,15H,3-6,10H2,1-2H3. The van der Waals surface area contributed by atoms with Crippen LogP contribution in [0.15, 0.2) is 29.2 Å². The molecule has 0 aromatic heterocycles. The van der Waals surface area contributed by atoms with Crippen LogP contribution >= 0.6 is 0 Å². The van der Waals surface area contributed by atoms with Gasteiger partial charge in [0.1, 0.15) is 0 Å². The molecule has 20 heavy (non-hydrogen) atoms. The van der Waals surface area contributed by atoms with Crippen molar-refractivity contribution in [2.24, 2.45) is 0 Å². The van der Waals surface area contributed by atoms with E-state index >= 15 is 0 Å². The first-order valence-corrected chi connectivity index (χ1v) is 8.17. The normalized spacial score (nSPS) is 11.3. The van der Waals surface area contributed by atoms with Gasteiger partial charge in [0.2, 0.25) is 10.0 Å². The van der Waals surface area contributed by atoms with Gasteiger partial charge in [0, 0.05) is 6.54 Å². The molecule has 0 heterocycles. The second-order valence-corrected chi connectivity index (χ2v) is 6.24. The number of benzene rings is 1. The van der Waals surface area contributed by atoms with Crippen LogP contribution in [0, 0.1) is 0 Å². The summed E-state index contributed by atoms with van der Waals surface area (Å²) in [4.78, 5) is 11.5. The lowest BCUT2D eigenvalue weighted by atomic mass is 10.2. The summed E-state index contributed by atoms with van der Waals surface area (Å²) in [7, 11) is -2.31. The van der Waals surface area contributed by atoms with E-state index in [0.29, 0.717) is 6.54 Å². The number of carbonyl (C=O) groups excluding carboxylic acids is 1. The van der Waals surface area contributed by atoms with E-state index < -0.39 is 16.0 Å². The lowest BCUT2D eigenvalue weighted by Crippen LogP contribution is -2.25. The number of hydrogen-bond acceptors (Lipinski definition) is 4. The fourth-order valence-corrected chi connectivity index (χ4v) is 2.87. The Morgan fingerprint density at radius 3 is 2.65 bits per heavy atom. The van der Waals surface area contributed by atoms with Crippen LogP contribution in [0.25, 0.3) is 0 Å². The smallest absolute Gasteiger partial charge is 0.337 e. The maximum Gasteiger partial charge on any atom is 0.337 e. The summed E-state index contributed by atoms with van der Waals surface area (Å²) in [5, 5.41) is 0. The second kappa shape index (κ2) is 8.01. The van der Waals surface area contributed by atoms with E-state index in [-0.39, 0.29) is 10.5 Å². The largest absolute Gasteiger partial charge is 0.465 e. The molecule has 0 radical (unpaired) electrons. The Hall–Kier alpha value is -1.40. The third-order valence-electron chi connectivity index (χ3n) is 2.89. The Balaban J connectivity index is 2.70. The topological polar surface area (TPSA) is 72.5 Å². The molecular formula is C14H21NO4S. The Labute approximate surface area is 120 Å². The minimum Gasteiger partial charge on any atom is -0.465 e. The van der Waals surface area contributed by atoms with Gasteiger partial charge >= 0.3 is 5.97 Å². The van der Waals surface area contributed by atoms with Gasteiger partial charge in [0.05, 0.1) is 17.6 Å². The third kappa shape index (κ3) is 4.94. The first-order valence-electron chi connectivity index (χ1n) is 6.69. The molecule has 0 aliphatic heterocycles. The highest BCUT2D eigenvalue weighted by Crippen LogP contribution is 2.12. The maximum atomic E-state index is 12.1. The Morgan fingerprint density at radius 2 is 2.00 bits per heavy atom. The Morgan fingerprint density at radius 1 is 1.25 bits per heavy atom. The quantitative estimate of drug-likeness (QED) is 0.590. The molecule has 1 aromatic carbocycles. The first-order chi connectivity index (χ1) is 9.51. The summed E-state index contributed by atoms with van der Waals surface area (Å²) in [5.41, 5.74) is 0.223. The molecule has 1 rings (SSSR count). The molecule has 0 fully saturated rings. The fourth-order valence-electron chi connectivity index (χ4n) is 1.75. The zero-order valence-electron chi connectivity index (χ0n) is 11.9. The molecule has 0 atom stereocenters. The zero-order chi connectivity index (χ0) is 15.0. The summed E-state index contributed by atoms with van der Waals surface area (Å²) in [6.45, 7) is 2.51. The molecule has 1 N–H and O–H groups in total. The van der Waals surface area contributed by atoms with Gasteiger partial charge in [-0.2, -0.15) is 0 Å². The number of rotatable bonds is 8. The SMILES string of the molecule is CCCCCCNS(=O)(=O)c1cccc(C(=O)OC)c1. The van der Waals surface area contributed by atoms with Crippen LogP contribution < -0.4 is 4.72 Å². The third-order valence-corrected chi connectivity index (χ3v) is 4.35. The highest BCUT2D eigenvalue weighted by molar-refractivity contribution is 7.89. The zero-order valence-corrected chi connectivity index (χ0v) is 12.7. The minimum absolute atomic E-state index is 0.0795. The number of sulfonamides is 1. The molecule has 1 aromatic rings. The minimum atomic E-state index is -3.57. The molecule has 0 aliphatic rings. The van der Waals surface area contributed by atoms with E-state index in [4.69, 9.17) is 0 Å². The van der Waals surface area contributed by atoms with Crippen molar-refractivity contribution in [3.05, 3.63) is 29.8 Å². The summed E-state index contributed by atoms with van der Waals surface area (Å²) < 4.78 is 31.2. The molecule has 0 saturated carbocycles. The molecule has 0 aliphatic carbocycles. The maximum absolute atomic E-state index is 12.1. The van der Waals surface area contributed by atoms with Crippen LogP contribution in [0.2, 0.25) is 0 Å². The Kier molecular flexibility index (Phi) is 6.67. The number of carbonyl (C=O) groups is 1. The molecule has 0 bridgehead atoms. The van der Waals surface area contributed by atoms with Crippen molar-refractivity contribution >= 4 is 16.0 Å². The van der Waals surface area contributed by atoms with Crippen molar-refractivity contribution < 1.29 is 17.9 Å². The predicted molar refractivity (Wildman–Crippen MR) is 77.1 cm³/mol. The summed E-state index contributed by atoms with van der Waals surface area (Å²) in [5.74, 6) is -0.551. The molecule has 6 heteroatoms. The van der Waals surface area contributed by atoms with E-state index in [0.717, 1.165) is 25.7 Å². The monoisotopic (exact) mass is 299 g/mol. The molecule has 0 unspecified atom stereocenters.